The molecule has 0 radical (unpaired) electrons. The van der Waals surface area contributed by atoms with E-state index in [-0.39, 0.29) is 22.9 Å². The Kier molecular flexibility index (Phi) is 6.74. The van der Waals surface area contributed by atoms with Crippen LogP contribution in [0.2, 0.25) is 5.02 Å². The van der Waals surface area contributed by atoms with Crippen LogP contribution in [0.15, 0.2) is 41.5 Å². The van der Waals surface area contributed by atoms with Crippen molar-refractivity contribution in [2.75, 3.05) is 13.7 Å². The van der Waals surface area contributed by atoms with E-state index < -0.39 is 10.8 Å². The fourth-order valence-electron chi connectivity index (χ4n) is 2.03. The molecule has 0 spiro atoms. The summed E-state index contributed by atoms with van der Waals surface area (Å²) < 4.78 is 10.5. The zero-order chi connectivity index (χ0) is 19.8. The number of non-ortho nitro benzene ring substituents is 1. The molecule has 0 atom stereocenters. The quantitative estimate of drug-likeness (QED) is 0.340. The first kappa shape index (κ1) is 19.8. The number of amides is 1. The number of nitro groups is 1. The van der Waals surface area contributed by atoms with Crippen LogP contribution >= 0.6 is 11.6 Å². The van der Waals surface area contributed by atoms with Crippen molar-refractivity contribution in [3.8, 4) is 23.8 Å². The molecule has 1 N–H and O–H groups in total. The van der Waals surface area contributed by atoms with Gasteiger partial charge in [-0.05, 0) is 29.8 Å². The predicted molar refractivity (Wildman–Crippen MR) is 100 cm³/mol. The Bertz CT molecular complexity index is 920. The SMILES string of the molecule is C#CCOc1c(Cl)cc(/C=N\NC(=O)c2ccc([N+](=O)[O-])cc2)cc1OC. The summed E-state index contributed by atoms with van der Waals surface area (Å²) in [6.45, 7) is 0.0365. The Balaban J connectivity index is 2.09. The first-order chi connectivity index (χ1) is 13.0. The van der Waals surface area contributed by atoms with Crippen LogP contribution in [-0.4, -0.2) is 30.8 Å². The lowest BCUT2D eigenvalue weighted by Crippen LogP contribution is -2.17. The Morgan fingerprint density at radius 1 is 1.41 bits per heavy atom. The van der Waals surface area contributed by atoms with Gasteiger partial charge in [-0.2, -0.15) is 5.10 Å². The minimum Gasteiger partial charge on any atom is -0.493 e. The third kappa shape index (κ3) is 5.20. The van der Waals surface area contributed by atoms with Gasteiger partial charge in [-0.25, -0.2) is 5.43 Å². The second kappa shape index (κ2) is 9.22. The predicted octanol–water partition coefficient (Wildman–Crippen LogP) is 3.03. The molecule has 0 aliphatic rings. The second-order valence-electron chi connectivity index (χ2n) is 5.03. The molecule has 138 valence electrons. The summed E-state index contributed by atoms with van der Waals surface area (Å²) in [4.78, 5) is 22.1. The first-order valence-corrected chi connectivity index (χ1v) is 7.85. The number of nitrogens with zero attached hydrogens (tertiary/aromatic N) is 2. The average Bonchev–Trinajstić information content (AvgIpc) is 2.66. The zero-order valence-corrected chi connectivity index (χ0v) is 14.9. The second-order valence-corrected chi connectivity index (χ2v) is 5.44. The molecule has 0 unspecified atom stereocenters. The molecule has 0 aliphatic heterocycles. The molecule has 27 heavy (non-hydrogen) atoms. The molecule has 9 heteroatoms. The van der Waals surface area contributed by atoms with Gasteiger partial charge in [-0.3, -0.25) is 14.9 Å². The van der Waals surface area contributed by atoms with E-state index >= 15 is 0 Å². The first-order valence-electron chi connectivity index (χ1n) is 7.48. The molecule has 0 bridgehead atoms. The highest BCUT2D eigenvalue weighted by molar-refractivity contribution is 6.32. The van der Waals surface area contributed by atoms with Gasteiger partial charge in [0.05, 0.1) is 23.3 Å². The number of terminal acetylenes is 1. The zero-order valence-electron chi connectivity index (χ0n) is 14.1. The molecule has 2 aromatic carbocycles. The van der Waals surface area contributed by atoms with Gasteiger partial charge in [0.2, 0.25) is 0 Å². The Morgan fingerprint density at radius 3 is 2.70 bits per heavy atom. The number of hydrogen-bond donors (Lipinski definition) is 1. The van der Waals surface area contributed by atoms with Crippen LogP contribution in [-0.2, 0) is 0 Å². The summed E-state index contributed by atoms with van der Waals surface area (Å²) in [5.41, 5.74) is 2.99. The minimum atomic E-state index is -0.548. The van der Waals surface area contributed by atoms with Crippen LogP contribution < -0.4 is 14.9 Å². The maximum atomic E-state index is 12.0. The van der Waals surface area contributed by atoms with Crippen LogP contribution in [0.4, 0.5) is 5.69 Å². The van der Waals surface area contributed by atoms with Gasteiger partial charge in [-0.15, -0.1) is 6.42 Å². The fourth-order valence-corrected chi connectivity index (χ4v) is 2.31. The van der Waals surface area contributed by atoms with Crippen molar-refractivity contribution in [1.82, 2.24) is 5.43 Å². The summed E-state index contributed by atoms with van der Waals surface area (Å²) in [7, 11) is 1.45. The molecule has 0 fully saturated rings. The Morgan fingerprint density at radius 2 is 2.11 bits per heavy atom. The van der Waals surface area contributed by atoms with Crippen LogP contribution in [0, 0.1) is 22.5 Å². The van der Waals surface area contributed by atoms with E-state index in [1.165, 1.54) is 37.6 Å². The fraction of sp³-hybridized carbons (Fsp3) is 0.111. The van der Waals surface area contributed by atoms with Crippen molar-refractivity contribution in [3.63, 3.8) is 0 Å². The number of carbonyl (C=O) groups is 1. The molecule has 2 rings (SSSR count). The smallest absolute Gasteiger partial charge is 0.271 e. The Labute approximate surface area is 159 Å². The number of benzene rings is 2. The number of halogens is 1. The largest absolute Gasteiger partial charge is 0.493 e. The van der Waals surface area contributed by atoms with Gasteiger partial charge < -0.3 is 9.47 Å². The molecular weight excluding hydrogens is 374 g/mol. The summed E-state index contributed by atoms with van der Waals surface area (Å²) in [5, 5.41) is 14.7. The van der Waals surface area contributed by atoms with E-state index in [1.54, 1.807) is 12.1 Å². The van der Waals surface area contributed by atoms with Crippen molar-refractivity contribution >= 4 is 29.4 Å². The molecule has 0 aromatic heterocycles. The summed E-state index contributed by atoms with van der Waals surface area (Å²) >= 11 is 6.15. The van der Waals surface area contributed by atoms with Crippen LogP contribution in [0.5, 0.6) is 11.5 Å². The van der Waals surface area contributed by atoms with Crippen molar-refractivity contribution in [2.45, 2.75) is 0 Å². The van der Waals surface area contributed by atoms with Gasteiger partial charge in [0, 0.05) is 17.7 Å². The van der Waals surface area contributed by atoms with Gasteiger partial charge in [-0.1, -0.05) is 17.5 Å². The lowest BCUT2D eigenvalue weighted by atomic mass is 10.2. The van der Waals surface area contributed by atoms with Crippen molar-refractivity contribution in [2.24, 2.45) is 5.10 Å². The minimum absolute atomic E-state index is 0.0365. The molecule has 0 saturated heterocycles. The number of carbonyl (C=O) groups excluding carboxylic acids is 1. The lowest BCUT2D eigenvalue weighted by molar-refractivity contribution is -0.384. The van der Waals surface area contributed by atoms with Gasteiger partial charge in [0.15, 0.2) is 11.5 Å². The molecule has 1 amide bonds. The van der Waals surface area contributed by atoms with E-state index in [1.807, 2.05) is 0 Å². The number of rotatable bonds is 7. The average molecular weight is 388 g/mol. The van der Waals surface area contributed by atoms with Gasteiger partial charge in [0.25, 0.3) is 11.6 Å². The van der Waals surface area contributed by atoms with Crippen LogP contribution in [0.3, 0.4) is 0 Å². The van der Waals surface area contributed by atoms with Crippen LogP contribution in [0.1, 0.15) is 15.9 Å². The highest BCUT2D eigenvalue weighted by Gasteiger charge is 2.12. The number of nitrogens with one attached hydrogen (secondary N) is 1. The number of ether oxygens (including phenoxy) is 2. The molecule has 8 nitrogen and oxygen atoms in total. The molecule has 0 heterocycles. The summed E-state index contributed by atoms with van der Waals surface area (Å²) in [6.07, 6.45) is 6.52. The molecule has 0 aliphatic carbocycles. The van der Waals surface area contributed by atoms with Crippen molar-refractivity contribution in [3.05, 3.63) is 62.7 Å². The third-order valence-electron chi connectivity index (χ3n) is 3.27. The molecular formula is C18H14ClN3O5. The topological polar surface area (TPSA) is 103 Å². The van der Waals surface area contributed by atoms with E-state index in [9.17, 15) is 14.9 Å². The third-order valence-corrected chi connectivity index (χ3v) is 3.55. The summed E-state index contributed by atoms with van der Waals surface area (Å²) in [5.74, 6) is 2.48. The standard InChI is InChI=1S/C18H14ClN3O5/c1-3-8-27-17-15(19)9-12(10-16(17)26-2)11-20-21-18(23)13-4-6-14(7-5-13)22(24)25/h1,4-7,9-11H,8H2,2H3,(H,21,23)/b20-11-. The van der Waals surface area contributed by atoms with E-state index in [2.05, 4.69) is 16.4 Å². The number of hydrogen-bond acceptors (Lipinski definition) is 6. The number of hydrazone groups is 1. The monoisotopic (exact) mass is 387 g/mol. The van der Waals surface area contributed by atoms with Crippen molar-refractivity contribution < 1.29 is 19.2 Å². The van der Waals surface area contributed by atoms with E-state index in [4.69, 9.17) is 27.5 Å². The Hall–Kier alpha value is -3.57. The molecule has 2 aromatic rings. The van der Waals surface area contributed by atoms with Crippen LogP contribution in [0.25, 0.3) is 0 Å². The summed E-state index contributed by atoms with van der Waals surface area (Å²) in [6, 6.07) is 8.31. The maximum Gasteiger partial charge on any atom is 0.271 e. The maximum absolute atomic E-state index is 12.0. The van der Waals surface area contributed by atoms with Gasteiger partial charge >= 0.3 is 0 Å². The normalized spacial score (nSPS) is 10.3. The molecule has 0 saturated carbocycles. The number of methoxy groups -OCH3 is 1. The lowest BCUT2D eigenvalue weighted by Gasteiger charge is -2.11. The van der Waals surface area contributed by atoms with Crippen molar-refractivity contribution in [1.29, 1.82) is 0 Å². The van der Waals surface area contributed by atoms with E-state index in [0.717, 1.165) is 0 Å². The number of nitro benzene ring substituents is 1. The highest BCUT2D eigenvalue weighted by Crippen LogP contribution is 2.35. The highest BCUT2D eigenvalue weighted by atomic mass is 35.5. The van der Waals surface area contributed by atoms with Gasteiger partial charge in [0.1, 0.15) is 6.61 Å². The van der Waals surface area contributed by atoms with E-state index in [0.29, 0.717) is 17.1 Å².